The van der Waals surface area contributed by atoms with Crippen molar-refractivity contribution in [2.24, 2.45) is 5.10 Å². The van der Waals surface area contributed by atoms with Gasteiger partial charge in [0.2, 0.25) is 0 Å². The lowest BCUT2D eigenvalue weighted by atomic mass is 9.97. The highest BCUT2D eigenvalue weighted by atomic mass is 32.2. The molecule has 0 bridgehead atoms. The average Bonchev–Trinajstić information content (AvgIpc) is 2.83. The molecule has 0 saturated heterocycles. The Morgan fingerprint density at radius 2 is 1.81 bits per heavy atom. The summed E-state index contributed by atoms with van der Waals surface area (Å²) in [6.45, 7) is 3.75. The first-order chi connectivity index (χ1) is 15.7. The van der Waals surface area contributed by atoms with Crippen LogP contribution in [0.25, 0.3) is 0 Å². The lowest BCUT2D eigenvalue weighted by Gasteiger charge is -2.43. The molecule has 2 aliphatic rings. The minimum Gasteiger partial charge on any atom is -0.457 e. The van der Waals surface area contributed by atoms with Crippen LogP contribution in [0.5, 0.6) is 11.5 Å². The van der Waals surface area contributed by atoms with Crippen LogP contribution in [0.4, 0.5) is 5.69 Å². The van der Waals surface area contributed by atoms with E-state index in [1.807, 2.05) is 83.9 Å². The van der Waals surface area contributed by atoms with E-state index in [0.29, 0.717) is 10.9 Å². The predicted octanol–water partition coefficient (Wildman–Crippen LogP) is 5.27. The number of carbonyl (C=O) groups excluding carboxylic acids is 1. The summed E-state index contributed by atoms with van der Waals surface area (Å²) in [4.78, 5) is 13.1. The van der Waals surface area contributed by atoms with Crippen LogP contribution in [-0.2, 0) is 4.79 Å². The quantitative estimate of drug-likeness (QED) is 0.527. The van der Waals surface area contributed by atoms with Crippen LogP contribution < -0.4 is 15.4 Å². The van der Waals surface area contributed by atoms with Crippen LogP contribution in [0.15, 0.2) is 96.6 Å². The Morgan fingerprint density at radius 1 is 1.03 bits per heavy atom. The van der Waals surface area contributed by atoms with Crippen LogP contribution >= 0.6 is 11.8 Å². The number of rotatable bonds is 5. The Labute approximate surface area is 191 Å². The van der Waals surface area contributed by atoms with Crippen molar-refractivity contribution in [1.29, 1.82) is 0 Å². The standard InChI is InChI=1S/C25H22N4O2S/c1-2-15-32-25-27-24(30)22-20-13-6-7-14-21(20)26-23(29(22)28-25)17-9-8-12-19(16-17)31-18-10-4-3-5-11-18/h2-14,16,22-23,26H,1,15H2,(H,27,28,30)/t22-,23-/m1/s1. The van der Waals surface area contributed by atoms with Gasteiger partial charge in [0.15, 0.2) is 11.2 Å². The molecular formula is C25H22N4O2S. The molecule has 32 heavy (non-hydrogen) atoms. The molecule has 0 aromatic heterocycles. The third kappa shape index (κ3) is 3.94. The molecule has 2 N–H and O–H groups in total. The minimum atomic E-state index is -0.524. The first-order valence-electron chi connectivity index (χ1n) is 10.3. The summed E-state index contributed by atoms with van der Waals surface area (Å²) in [5.41, 5.74) is 2.76. The fraction of sp³-hybridized carbons (Fsp3) is 0.120. The van der Waals surface area contributed by atoms with Gasteiger partial charge in [-0.3, -0.25) is 9.80 Å². The molecule has 0 spiro atoms. The summed E-state index contributed by atoms with van der Waals surface area (Å²) in [6, 6.07) is 24.8. The number of benzene rings is 3. The molecule has 0 aliphatic carbocycles. The van der Waals surface area contributed by atoms with Crippen molar-refractivity contribution in [3.05, 3.63) is 103 Å². The van der Waals surface area contributed by atoms with Gasteiger partial charge in [0.1, 0.15) is 17.7 Å². The van der Waals surface area contributed by atoms with Gasteiger partial charge in [-0.05, 0) is 35.9 Å². The number of fused-ring (bicyclic) bond motifs is 3. The summed E-state index contributed by atoms with van der Waals surface area (Å²) in [7, 11) is 0. The summed E-state index contributed by atoms with van der Waals surface area (Å²) >= 11 is 1.45. The predicted molar refractivity (Wildman–Crippen MR) is 129 cm³/mol. The van der Waals surface area contributed by atoms with Crippen molar-refractivity contribution >= 4 is 28.5 Å². The first kappa shape index (κ1) is 20.2. The van der Waals surface area contributed by atoms with Gasteiger partial charge < -0.3 is 15.4 Å². The zero-order valence-corrected chi connectivity index (χ0v) is 18.1. The molecule has 6 nitrogen and oxygen atoms in total. The minimum absolute atomic E-state index is 0.0952. The molecule has 0 fully saturated rings. The molecule has 3 aromatic rings. The average molecular weight is 443 g/mol. The molecule has 0 unspecified atom stereocenters. The number of carbonyl (C=O) groups is 1. The van der Waals surface area contributed by atoms with E-state index < -0.39 is 6.04 Å². The van der Waals surface area contributed by atoms with Crippen molar-refractivity contribution in [3.63, 3.8) is 0 Å². The molecule has 2 atom stereocenters. The summed E-state index contributed by atoms with van der Waals surface area (Å²) in [5, 5.41) is 13.7. The van der Waals surface area contributed by atoms with Crippen molar-refractivity contribution in [2.45, 2.75) is 12.2 Å². The third-order valence-corrected chi connectivity index (χ3v) is 6.11. The van der Waals surface area contributed by atoms with Crippen molar-refractivity contribution < 1.29 is 9.53 Å². The van der Waals surface area contributed by atoms with E-state index in [9.17, 15) is 4.79 Å². The van der Waals surface area contributed by atoms with Gasteiger partial charge in [-0.2, -0.15) is 0 Å². The lowest BCUT2D eigenvalue weighted by Crippen LogP contribution is -2.50. The second-order valence-electron chi connectivity index (χ2n) is 7.40. The highest BCUT2D eigenvalue weighted by Gasteiger charge is 2.42. The third-order valence-electron chi connectivity index (χ3n) is 5.25. The van der Waals surface area contributed by atoms with Gasteiger partial charge in [-0.25, -0.2) is 0 Å². The summed E-state index contributed by atoms with van der Waals surface area (Å²) < 4.78 is 6.03. The summed E-state index contributed by atoms with van der Waals surface area (Å²) in [5.74, 6) is 2.05. The Balaban J connectivity index is 1.53. The van der Waals surface area contributed by atoms with Crippen LogP contribution in [0.1, 0.15) is 23.3 Å². The lowest BCUT2D eigenvalue weighted by molar-refractivity contribution is -0.127. The number of amidine groups is 1. The molecule has 5 rings (SSSR count). The van der Waals surface area contributed by atoms with Crippen LogP contribution in [-0.4, -0.2) is 21.8 Å². The number of hydrogen-bond acceptors (Lipinski definition) is 6. The fourth-order valence-electron chi connectivity index (χ4n) is 3.86. The zero-order valence-electron chi connectivity index (χ0n) is 17.3. The molecule has 7 heteroatoms. The first-order valence-corrected chi connectivity index (χ1v) is 11.3. The van der Waals surface area contributed by atoms with Crippen LogP contribution in [0.2, 0.25) is 0 Å². The molecule has 0 saturated carbocycles. The maximum absolute atomic E-state index is 13.1. The van der Waals surface area contributed by atoms with Gasteiger partial charge in [0.25, 0.3) is 5.91 Å². The van der Waals surface area contributed by atoms with Gasteiger partial charge in [0, 0.05) is 17.0 Å². The van der Waals surface area contributed by atoms with E-state index >= 15 is 0 Å². The van der Waals surface area contributed by atoms with Crippen LogP contribution in [0, 0.1) is 0 Å². The number of nitrogens with one attached hydrogen (secondary N) is 2. The maximum Gasteiger partial charge on any atom is 0.255 e. The molecule has 2 aliphatic heterocycles. The smallest absolute Gasteiger partial charge is 0.255 e. The molecule has 2 heterocycles. The molecule has 0 radical (unpaired) electrons. The monoisotopic (exact) mass is 442 g/mol. The normalized spacial score (nSPS) is 19.1. The van der Waals surface area contributed by atoms with Crippen molar-refractivity contribution in [3.8, 4) is 11.5 Å². The number of anilines is 1. The second kappa shape index (κ2) is 8.80. The molecule has 3 aromatic carbocycles. The molecule has 160 valence electrons. The Hall–Kier alpha value is -3.71. The molecular weight excluding hydrogens is 420 g/mol. The summed E-state index contributed by atoms with van der Waals surface area (Å²) in [6.07, 6.45) is 1.46. The number of ether oxygens (including phenoxy) is 1. The number of para-hydroxylation sites is 2. The van der Waals surface area contributed by atoms with Gasteiger partial charge in [0.05, 0.1) is 0 Å². The highest BCUT2D eigenvalue weighted by molar-refractivity contribution is 8.14. The maximum atomic E-state index is 13.1. The number of amides is 1. The number of nitrogens with zero attached hydrogens (tertiary/aromatic N) is 2. The van der Waals surface area contributed by atoms with Crippen molar-refractivity contribution in [2.75, 3.05) is 11.1 Å². The van der Waals surface area contributed by atoms with E-state index in [1.165, 1.54) is 11.8 Å². The topological polar surface area (TPSA) is 66.0 Å². The SMILES string of the molecule is C=CCSC1=NN2[C@H](c3cccc(Oc4ccccc4)c3)Nc3ccccc3[C@@H]2C(=O)N1. The Bertz CT molecular complexity index is 1180. The van der Waals surface area contributed by atoms with Crippen molar-refractivity contribution in [1.82, 2.24) is 10.3 Å². The zero-order chi connectivity index (χ0) is 21.9. The van der Waals surface area contributed by atoms with E-state index in [1.54, 1.807) is 6.08 Å². The number of thioether (sulfide) groups is 1. The Kier molecular flexibility index (Phi) is 5.56. The fourth-order valence-corrected chi connectivity index (χ4v) is 4.46. The molecule has 1 amide bonds. The number of hydrazone groups is 1. The van der Waals surface area contributed by atoms with Gasteiger partial charge >= 0.3 is 0 Å². The number of hydrogen-bond donors (Lipinski definition) is 2. The van der Waals surface area contributed by atoms with E-state index in [0.717, 1.165) is 28.3 Å². The highest BCUT2D eigenvalue weighted by Crippen LogP contribution is 2.43. The van der Waals surface area contributed by atoms with E-state index in [2.05, 4.69) is 17.2 Å². The second-order valence-corrected chi connectivity index (χ2v) is 8.41. The largest absolute Gasteiger partial charge is 0.457 e. The van der Waals surface area contributed by atoms with Gasteiger partial charge in [-0.1, -0.05) is 66.4 Å². The van der Waals surface area contributed by atoms with Crippen LogP contribution in [0.3, 0.4) is 0 Å². The van der Waals surface area contributed by atoms with Gasteiger partial charge in [-0.15, -0.1) is 11.7 Å². The van der Waals surface area contributed by atoms with E-state index in [-0.39, 0.29) is 12.1 Å². The Morgan fingerprint density at radius 3 is 2.66 bits per heavy atom. The van der Waals surface area contributed by atoms with E-state index in [4.69, 9.17) is 9.84 Å².